The quantitative estimate of drug-likeness (QED) is 0.766. The van der Waals surface area contributed by atoms with Gasteiger partial charge in [-0.15, -0.1) is 0 Å². The smallest absolute Gasteiger partial charge is 0.294 e. The Morgan fingerprint density at radius 1 is 1.07 bits per heavy atom. The van der Waals surface area contributed by atoms with Crippen molar-refractivity contribution in [2.45, 2.75) is 0 Å². The highest BCUT2D eigenvalue weighted by atomic mass is 19.1. The Morgan fingerprint density at radius 2 is 1.79 bits per heavy atom. The van der Waals surface area contributed by atoms with Crippen LogP contribution in [0.2, 0.25) is 0 Å². The molecule has 0 atom stereocenters. The van der Waals surface area contributed by atoms with Gasteiger partial charge < -0.3 is 14.4 Å². The third kappa shape index (κ3) is 3.75. The van der Waals surface area contributed by atoms with Crippen molar-refractivity contribution in [3.05, 3.63) is 65.7 Å². The zero-order chi connectivity index (χ0) is 19.5. The van der Waals surface area contributed by atoms with E-state index >= 15 is 0 Å². The number of hydrogen-bond donors (Lipinski definition) is 0. The normalized spacial score (nSPS) is 18.0. The maximum absolute atomic E-state index is 13.1. The molecule has 2 aliphatic heterocycles. The molecule has 0 bridgehead atoms. The number of morpholine rings is 1. The summed E-state index contributed by atoms with van der Waals surface area (Å²) < 4.78 is 24.2. The summed E-state index contributed by atoms with van der Waals surface area (Å²) in [6.45, 7) is 1.93. The zero-order valence-electron chi connectivity index (χ0n) is 15.1. The first-order valence-electron chi connectivity index (χ1n) is 9.03. The van der Waals surface area contributed by atoms with Gasteiger partial charge in [-0.05, 0) is 35.9 Å². The fourth-order valence-corrected chi connectivity index (χ4v) is 3.18. The number of rotatable bonds is 3. The van der Waals surface area contributed by atoms with Gasteiger partial charge in [0.05, 0.1) is 18.9 Å². The molecule has 7 heteroatoms. The molecule has 6 nitrogen and oxygen atoms in total. The molecule has 0 N–H and O–H groups in total. The van der Waals surface area contributed by atoms with E-state index < -0.39 is 5.91 Å². The molecule has 0 aromatic heterocycles. The first kappa shape index (κ1) is 18.2. The Kier molecular flexibility index (Phi) is 5.08. The minimum atomic E-state index is -0.412. The highest BCUT2D eigenvalue weighted by Gasteiger charge is 2.32. The van der Waals surface area contributed by atoms with Crippen molar-refractivity contribution >= 4 is 23.6 Å². The van der Waals surface area contributed by atoms with E-state index in [1.54, 1.807) is 47.4 Å². The molecule has 2 amide bonds. The highest BCUT2D eigenvalue weighted by molar-refractivity contribution is 6.12. The SMILES string of the molecule is O=C(CN1C(=O)C(=Cc2ccc(F)cc2)Oc2ccccc21)N1CCOCC1. The number of anilines is 1. The van der Waals surface area contributed by atoms with Crippen LogP contribution in [-0.2, 0) is 14.3 Å². The molecule has 2 aliphatic rings. The number of fused-ring (bicyclic) bond motifs is 1. The predicted molar refractivity (Wildman–Crippen MR) is 101 cm³/mol. The molecule has 1 fully saturated rings. The van der Waals surface area contributed by atoms with Crippen LogP contribution in [0.5, 0.6) is 5.75 Å². The van der Waals surface area contributed by atoms with Crippen LogP contribution in [0.4, 0.5) is 10.1 Å². The molecular weight excluding hydrogens is 363 g/mol. The maximum Gasteiger partial charge on any atom is 0.294 e. The van der Waals surface area contributed by atoms with Gasteiger partial charge in [-0.1, -0.05) is 24.3 Å². The van der Waals surface area contributed by atoms with Crippen molar-refractivity contribution in [2.24, 2.45) is 0 Å². The summed E-state index contributed by atoms with van der Waals surface area (Å²) in [5.74, 6) is -0.342. The fourth-order valence-electron chi connectivity index (χ4n) is 3.18. The lowest BCUT2D eigenvalue weighted by Crippen LogP contribution is -2.48. The summed E-state index contributed by atoms with van der Waals surface area (Å²) in [7, 11) is 0. The van der Waals surface area contributed by atoms with E-state index in [-0.39, 0.29) is 24.0 Å². The van der Waals surface area contributed by atoms with Crippen LogP contribution in [-0.4, -0.2) is 49.6 Å². The minimum absolute atomic E-state index is 0.0834. The Bertz CT molecular complexity index is 920. The highest BCUT2D eigenvalue weighted by Crippen LogP contribution is 2.35. The summed E-state index contributed by atoms with van der Waals surface area (Å²) in [5.41, 5.74) is 1.17. The van der Waals surface area contributed by atoms with Gasteiger partial charge in [0, 0.05) is 13.1 Å². The molecule has 0 aliphatic carbocycles. The van der Waals surface area contributed by atoms with Crippen molar-refractivity contribution in [1.82, 2.24) is 4.90 Å². The lowest BCUT2D eigenvalue weighted by atomic mass is 10.1. The molecular formula is C21H19FN2O4. The molecule has 144 valence electrons. The van der Waals surface area contributed by atoms with Crippen LogP contribution in [0, 0.1) is 5.82 Å². The molecule has 1 saturated heterocycles. The summed E-state index contributed by atoms with van der Waals surface area (Å²) >= 11 is 0. The van der Waals surface area contributed by atoms with Crippen LogP contribution in [0.25, 0.3) is 6.08 Å². The lowest BCUT2D eigenvalue weighted by Gasteiger charge is -2.33. The standard InChI is InChI=1S/C21H19FN2O4/c22-16-7-5-15(6-8-16)13-19-21(26)24(17-3-1-2-4-18(17)28-19)14-20(25)23-9-11-27-12-10-23/h1-8,13H,9-12,14H2. The van der Waals surface area contributed by atoms with Crippen molar-refractivity contribution in [1.29, 1.82) is 0 Å². The fraction of sp³-hybridized carbons (Fsp3) is 0.238. The average Bonchev–Trinajstić information content (AvgIpc) is 2.73. The van der Waals surface area contributed by atoms with E-state index in [1.807, 2.05) is 0 Å². The molecule has 0 spiro atoms. The number of hydrogen-bond acceptors (Lipinski definition) is 4. The molecule has 2 heterocycles. The van der Waals surface area contributed by atoms with E-state index in [9.17, 15) is 14.0 Å². The number of nitrogens with zero attached hydrogens (tertiary/aromatic N) is 2. The molecule has 0 radical (unpaired) electrons. The predicted octanol–water partition coefficient (Wildman–Crippen LogP) is 2.45. The van der Waals surface area contributed by atoms with Gasteiger partial charge in [0.2, 0.25) is 5.91 Å². The van der Waals surface area contributed by atoms with Gasteiger partial charge in [-0.2, -0.15) is 0 Å². The molecule has 2 aromatic rings. The second-order valence-corrected chi connectivity index (χ2v) is 6.51. The summed E-state index contributed by atoms with van der Waals surface area (Å²) in [4.78, 5) is 28.9. The average molecular weight is 382 g/mol. The summed E-state index contributed by atoms with van der Waals surface area (Å²) in [5, 5.41) is 0. The molecule has 2 aromatic carbocycles. The van der Waals surface area contributed by atoms with Crippen LogP contribution >= 0.6 is 0 Å². The van der Waals surface area contributed by atoms with Crippen molar-refractivity contribution in [2.75, 3.05) is 37.7 Å². The first-order chi connectivity index (χ1) is 13.6. The lowest BCUT2D eigenvalue weighted by molar-refractivity contribution is -0.135. The summed E-state index contributed by atoms with van der Waals surface area (Å²) in [6.07, 6.45) is 1.55. The van der Waals surface area contributed by atoms with Crippen LogP contribution < -0.4 is 9.64 Å². The van der Waals surface area contributed by atoms with Crippen LogP contribution in [0.1, 0.15) is 5.56 Å². The van der Waals surface area contributed by atoms with Gasteiger partial charge in [0.1, 0.15) is 12.4 Å². The number of halogens is 1. The number of carbonyl (C=O) groups is 2. The van der Waals surface area contributed by atoms with E-state index in [0.717, 1.165) is 0 Å². The summed E-state index contributed by atoms with van der Waals surface area (Å²) in [6, 6.07) is 12.8. The van der Waals surface area contributed by atoms with Crippen LogP contribution in [0.3, 0.4) is 0 Å². The number of para-hydroxylation sites is 2. The van der Waals surface area contributed by atoms with Crippen molar-refractivity contribution in [3.63, 3.8) is 0 Å². The third-order valence-corrected chi connectivity index (χ3v) is 4.66. The monoisotopic (exact) mass is 382 g/mol. The molecule has 0 saturated carbocycles. The van der Waals surface area contributed by atoms with Gasteiger partial charge >= 0.3 is 0 Å². The number of amides is 2. The first-order valence-corrected chi connectivity index (χ1v) is 9.03. The Labute approximate surface area is 161 Å². The van der Waals surface area contributed by atoms with E-state index in [4.69, 9.17) is 9.47 Å². The molecule has 0 unspecified atom stereocenters. The minimum Gasteiger partial charge on any atom is -0.449 e. The Balaban J connectivity index is 1.63. The van der Waals surface area contributed by atoms with Crippen LogP contribution in [0.15, 0.2) is 54.3 Å². The maximum atomic E-state index is 13.1. The Morgan fingerprint density at radius 3 is 2.54 bits per heavy atom. The van der Waals surface area contributed by atoms with Gasteiger partial charge in [-0.3, -0.25) is 14.5 Å². The second kappa shape index (κ2) is 7.82. The van der Waals surface area contributed by atoms with E-state index in [1.165, 1.54) is 17.0 Å². The second-order valence-electron chi connectivity index (χ2n) is 6.51. The number of benzene rings is 2. The van der Waals surface area contributed by atoms with Gasteiger partial charge in [0.15, 0.2) is 11.5 Å². The van der Waals surface area contributed by atoms with Gasteiger partial charge in [-0.25, -0.2) is 4.39 Å². The molecule has 4 rings (SSSR count). The molecule has 28 heavy (non-hydrogen) atoms. The van der Waals surface area contributed by atoms with Crippen molar-refractivity contribution < 1.29 is 23.5 Å². The number of ether oxygens (including phenoxy) is 2. The topological polar surface area (TPSA) is 59.1 Å². The van der Waals surface area contributed by atoms with Crippen molar-refractivity contribution in [3.8, 4) is 5.75 Å². The zero-order valence-corrected chi connectivity index (χ0v) is 15.1. The Hall–Kier alpha value is -3.19. The third-order valence-electron chi connectivity index (χ3n) is 4.66. The largest absolute Gasteiger partial charge is 0.449 e. The van der Waals surface area contributed by atoms with E-state index in [2.05, 4.69) is 0 Å². The number of carbonyl (C=O) groups excluding carboxylic acids is 2. The van der Waals surface area contributed by atoms with E-state index in [0.29, 0.717) is 43.3 Å². The van der Waals surface area contributed by atoms with Gasteiger partial charge in [0.25, 0.3) is 5.91 Å².